The first kappa shape index (κ1) is 17.6. The number of halogens is 1. The second-order valence-electron chi connectivity index (χ2n) is 5.61. The zero-order valence-electron chi connectivity index (χ0n) is 13.1. The predicted octanol–water partition coefficient (Wildman–Crippen LogP) is 3.55. The van der Waals surface area contributed by atoms with E-state index in [4.69, 9.17) is 5.73 Å². The van der Waals surface area contributed by atoms with Crippen LogP contribution in [0.2, 0.25) is 0 Å². The van der Waals surface area contributed by atoms with Gasteiger partial charge in [-0.3, -0.25) is 4.79 Å². The molecule has 3 nitrogen and oxygen atoms in total. The molecule has 0 fully saturated rings. The van der Waals surface area contributed by atoms with Crippen LogP contribution in [0.3, 0.4) is 0 Å². The predicted molar refractivity (Wildman–Crippen MR) is 84.3 cm³/mol. The molecule has 3 N–H and O–H groups in total. The minimum Gasteiger partial charge on any atom is -0.350 e. The molecule has 0 heterocycles. The van der Waals surface area contributed by atoms with Crippen LogP contribution in [0.4, 0.5) is 4.39 Å². The third kappa shape index (κ3) is 6.71. The van der Waals surface area contributed by atoms with Crippen molar-refractivity contribution in [2.24, 2.45) is 11.7 Å². The van der Waals surface area contributed by atoms with Crippen LogP contribution in [0.5, 0.6) is 0 Å². The lowest BCUT2D eigenvalue weighted by Gasteiger charge is -2.17. The van der Waals surface area contributed by atoms with E-state index < -0.39 is 0 Å². The summed E-state index contributed by atoms with van der Waals surface area (Å²) >= 11 is 0. The van der Waals surface area contributed by atoms with E-state index in [1.807, 2.05) is 6.92 Å². The van der Waals surface area contributed by atoms with Crippen LogP contribution in [-0.4, -0.2) is 12.5 Å². The van der Waals surface area contributed by atoms with Crippen LogP contribution in [0.25, 0.3) is 0 Å². The molecule has 1 unspecified atom stereocenters. The van der Waals surface area contributed by atoms with Gasteiger partial charge in [0.2, 0.25) is 5.91 Å². The highest BCUT2D eigenvalue weighted by atomic mass is 19.1. The average molecular weight is 294 g/mol. The lowest BCUT2D eigenvalue weighted by molar-refractivity contribution is -0.122. The second-order valence-corrected chi connectivity index (χ2v) is 5.61. The molecule has 0 aliphatic heterocycles. The zero-order valence-corrected chi connectivity index (χ0v) is 13.1. The summed E-state index contributed by atoms with van der Waals surface area (Å²) in [4.78, 5) is 12.0. The van der Waals surface area contributed by atoms with E-state index in [9.17, 15) is 9.18 Å². The number of hydrogen-bond acceptors (Lipinski definition) is 2. The molecule has 0 aliphatic rings. The third-order valence-electron chi connectivity index (χ3n) is 3.80. The first-order valence-corrected chi connectivity index (χ1v) is 7.81. The molecule has 1 rings (SSSR count). The van der Waals surface area contributed by atoms with Crippen molar-refractivity contribution in [3.8, 4) is 0 Å². The van der Waals surface area contributed by atoms with Crippen molar-refractivity contribution in [1.82, 2.24) is 5.32 Å². The van der Waals surface area contributed by atoms with E-state index in [2.05, 4.69) is 12.2 Å². The number of rotatable bonds is 9. The molecular weight excluding hydrogens is 267 g/mol. The van der Waals surface area contributed by atoms with Crippen LogP contribution in [0.15, 0.2) is 24.3 Å². The summed E-state index contributed by atoms with van der Waals surface area (Å²) in [5, 5.41) is 2.96. The van der Waals surface area contributed by atoms with Crippen LogP contribution in [-0.2, 0) is 4.79 Å². The molecule has 0 saturated heterocycles. The maximum Gasteiger partial charge on any atom is 0.220 e. The van der Waals surface area contributed by atoms with E-state index >= 15 is 0 Å². The maximum atomic E-state index is 12.9. The Kier molecular flexibility index (Phi) is 7.98. The molecule has 1 aromatic rings. The van der Waals surface area contributed by atoms with E-state index in [0.717, 1.165) is 31.2 Å². The van der Waals surface area contributed by atoms with E-state index in [1.54, 1.807) is 12.1 Å². The van der Waals surface area contributed by atoms with Crippen LogP contribution in [0, 0.1) is 11.7 Å². The van der Waals surface area contributed by atoms with Gasteiger partial charge in [-0.05, 0) is 49.9 Å². The van der Waals surface area contributed by atoms with Crippen molar-refractivity contribution >= 4 is 5.91 Å². The highest BCUT2D eigenvalue weighted by molar-refractivity contribution is 5.76. The Bertz CT molecular complexity index is 413. The average Bonchev–Trinajstić information content (AvgIpc) is 2.46. The molecule has 0 aliphatic carbocycles. The number of nitrogens with two attached hydrogens (primary N) is 1. The SMILES string of the molecule is CCCC(CCN)CCC(=O)N[C@H](C)c1ccc(F)cc1. The van der Waals surface area contributed by atoms with E-state index in [-0.39, 0.29) is 17.8 Å². The van der Waals surface area contributed by atoms with Crippen molar-refractivity contribution in [3.05, 3.63) is 35.6 Å². The fraction of sp³-hybridized carbons (Fsp3) is 0.588. The van der Waals surface area contributed by atoms with Gasteiger partial charge in [-0.2, -0.15) is 0 Å². The maximum absolute atomic E-state index is 12.9. The van der Waals surface area contributed by atoms with Crippen molar-refractivity contribution in [1.29, 1.82) is 0 Å². The van der Waals surface area contributed by atoms with Gasteiger partial charge in [0.25, 0.3) is 0 Å². The number of amides is 1. The van der Waals surface area contributed by atoms with Crippen molar-refractivity contribution in [3.63, 3.8) is 0 Å². The first-order chi connectivity index (χ1) is 10.1. The van der Waals surface area contributed by atoms with E-state index in [1.165, 1.54) is 12.1 Å². The number of carbonyl (C=O) groups is 1. The summed E-state index contributed by atoms with van der Waals surface area (Å²) in [5.41, 5.74) is 6.52. The van der Waals surface area contributed by atoms with Crippen LogP contribution < -0.4 is 11.1 Å². The highest BCUT2D eigenvalue weighted by Gasteiger charge is 2.13. The fourth-order valence-corrected chi connectivity index (χ4v) is 2.56. The fourth-order valence-electron chi connectivity index (χ4n) is 2.56. The van der Waals surface area contributed by atoms with E-state index in [0.29, 0.717) is 18.9 Å². The van der Waals surface area contributed by atoms with Gasteiger partial charge in [0.05, 0.1) is 6.04 Å². The zero-order chi connectivity index (χ0) is 15.7. The monoisotopic (exact) mass is 294 g/mol. The Morgan fingerprint density at radius 2 is 1.90 bits per heavy atom. The molecule has 0 spiro atoms. The molecule has 2 atom stereocenters. The number of nitrogens with one attached hydrogen (secondary N) is 1. The van der Waals surface area contributed by atoms with Gasteiger partial charge in [0.1, 0.15) is 5.82 Å². The topological polar surface area (TPSA) is 55.1 Å². The van der Waals surface area contributed by atoms with Crippen molar-refractivity contribution in [2.45, 2.75) is 52.0 Å². The normalized spacial score (nSPS) is 13.7. The molecule has 1 amide bonds. The van der Waals surface area contributed by atoms with Crippen LogP contribution >= 0.6 is 0 Å². The van der Waals surface area contributed by atoms with Crippen molar-refractivity contribution < 1.29 is 9.18 Å². The summed E-state index contributed by atoms with van der Waals surface area (Å²) in [6.45, 7) is 4.74. The minimum absolute atomic E-state index is 0.0462. The molecule has 0 saturated carbocycles. The molecule has 118 valence electrons. The number of carbonyl (C=O) groups excluding carboxylic acids is 1. The van der Waals surface area contributed by atoms with Gasteiger partial charge in [-0.1, -0.05) is 31.9 Å². The summed E-state index contributed by atoms with van der Waals surface area (Å²) in [6, 6.07) is 6.13. The summed E-state index contributed by atoms with van der Waals surface area (Å²) in [6.07, 6.45) is 4.63. The lowest BCUT2D eigenvalue weighted by atomic mass is 9.94. The quantitative estimate of drug-likeness (QED) is 0.732. The first-order valence-electron chi connectivity index (χ1n) is 7.81. The minimum atomic E-state index is -0.263. The Hall–Kier alpha value is -1.42. The molecule has 0 aromatic heterocycles. The third-order valence-corrected chi connectivity index (χ3v) is 3.80. The molecule has 1 aromatic carbocycles. The highest BCUT2D eigenvalue weighted by Crippen LogP contribution is 2.18. The van der Waals surface area contributed by atoms with Crippen molar-refractivity contribution in [2.75, 3.05) is 6.54 Å². The smallest absolute Gasteiger partial charge is 0.220 e. The Morgan fingerprint density at radius 3 is 2.48 bits per heavy atom. The van der Waals surface area contributed by atoms with Gasteiger partial charge in [0, 0.05) is 6.42 Å². The Morgan fingerprint density at radius 1 is 1.24 bits per heavy atom. The molecule has 0 radical (unpaired) electrons. The van der Waals surface area contributed by atoms with Gasteiger partial charge in [-0.15, -0.1) is 0 Å². The molecule has 0 bridgehead atoms. The van der Waals surface area contributed by atoms with Gasteiger partial charge < -0.3 is 11.1 Å². The standard InChI is InChI=1S/C17H27FN2O/c1-3-4-14(11-12-19)5-10-17(21)20-13(2)15-6-8-16(18)9-7-15/h6-9,13-14H,3-5,10-12,19H2,1-2H3,(H,20,21)/t13-,14?/m1/s1. The molecule has 4 heteroatoms. The summed E-state index contributed by atoms with van der Waals surface area (Å²) in [7, 11) is 0. The Balaban J connectivity index is 2.40. The second kappa shape index (κ2) is 9.50. The Labute approximate surface area is 127 Å². The molecule has 21 heavy (non-hydrogen) atoms. The largest absolute Gasteiger partial charge is 0.350 e. The van der Waals surface area contributed by atoms with Gasteiger partial charge in [0.15, 0.2) is 0 Å². The number of hydrogen-bond donors (Lipinski definition) is 2. The molecular formula is C17H27FN2O. The summed E-state index contributed by atoms with van der Waals surface area (Å²) in [5.74, 6) is 0.318. The summed E-state index contributed by atoms with van der Waals surface area (Å²) < 4.78 is 12.9. The van der Waals surface area contributed by atoms with Gasteiger partial charge >= 0.3 is 0 Å². The number of benzene rings is 1. The van der Waals surface area contributed by atoms with Gasteiger partial charge in [-0.25, -0.2) is 4.39 Å². The van der Waals surface area contributed by atoms with Crippen LogP contribution in [0.1, 0.15) is 57.6 Å². The lowest BCUT2D eigenvalue weighted by Crippen LogP contribution is -2.27.